The van der Waals surface area contributed by atoms with Gasteiger partial charge in [0.15, 0.2) is 5.79 Å². The first kappa shape index (κ1) is 13.3. The highest BCUT2D eigenvalue weighted by atomic mass is 19.1. The number of hydrogen-bond donors (Lipinski definition) is 1. The van der Waals surface area contributed by atoms with Crippen LogP contribution in [-0.2, 0) is 19.0 Å². The number of hydrogen-bond acceptors (Lipinski definition) is 5. The number of aliphatic hydroxyl groups is 1. The van der Waals surface area contributed by atoms with Crippen molar-refractivity contribution >= 4 is 5.97 Å². The fourth-order valence-electron chi connectivity index (χ4n) is 1.43. The van der Waals surface area contributed by atoms with Crippen LogP contribution in [0.3, 0.4) is 0 Å². The zero-order valence-electron chi connectivity index (χ0n) is 9.60. The third-order valence-corrected chi connectivity index (χ3v) is 2.22. The van der Waals surface area contributed by atoms with Crippen molar-refractivity contribution in [2.45, 2.75) is 44.9 Å². The molecule has 0 amide bonds. The predicted octanol–water partition coefficient (Wildman–Crippen LogP) is 0.400. The van der Waals surface area contributed by atoms with E-state index in [4.69, 9.17) is 9.47 Å². The van der Waals surface area contributed by atoms with Crippen molar-refractivity contribution in [3.63, 3.8) is 0 Å². The molecule has 0 aromatic rings. The third-order valence-electron chi connectivity index (χ3n) is 2.22. The molecule has 3 atom stereocenters. The Labute approximate surface area is 93.5 Å². The van der Waals surface area contributed by atoms with Gasteiger partial charge >= 0.3 is 5.97 Å². The highest BCUT2D eigenvalue weighted by molar-refractivity contribution is 5.75. The van der Waals surface area contributed by atoms with E-state index in [-0.39, 0.29) is 13.2 Å². The molecule has 16 heavy (non-hydrogen) atoms. The molecule has 5 nitrogen and oxygen atoms in total. The van der Waals surface area contributed by atoms with E-state index < -0.39 is 30.1 Å². The Bertz CT molecular complexity index is 256. The summed E-state index contributed by atoms with van der Waals surface area (Å²) in [5, 5.41) is 9.57. The first-order chi connectivity index (χ1) is 7.37. The van der Waals surface area contributed by atoms with Crippen LogP contribution < -0.4 is 0 Å². The minimum atomic E-state index is -2.11. The summed E-state index contributed by atoms with van der Waals surface area (Å²) >= 11 is 0. The number of alkyl halides is 1. The van der Waals surface area contributed by atoms with Gasteiger partial charge in [-0.1, -0.05) is 0 Å². The fraction of sp³-hybridized carbons (Fsp3) is 0.900. The molecule has 1 fully saturated rings. The van der Waals surface area contributed by atoms with Gasteiger partial charge in [-0.2, -0.15) is 0 Å². The van der Waals surface area contributed by atoms with Crippen molar-refractivity contribution in [2.24, 2.45) is 0 Å². The lowest BCUT2D eigenvalue weighted by Gasteiger charge is -2.21. The molecule has 6 heteroatoms. The van der Waals surface area contributed by atoms with Crippen LogP contribution in [0.15, 0.2) is 0 Å². The lowest BCUT2D eigenvalue weighted by molar-refractivity contribution is -0.170. The van der Waals surface area contributed by atoms with Crippen LogP contribution in [0.1, 0.15) is 20.8 Å². The normalized spacial score (nSPS) is 27.4. The summed E-state index contributed by atoms with van der Waals surface area (Å²) < 4.78 is 28.3. The van der Waals surface area contributed by atoms with Gasteiger partial charge in [0, 0.05) is 0 Å². The van der Waals surface area contributed by atoms with E-state index >= 15 is 0 Å². The van der Waals surface area contributed by atoms with Gasteiger partial charge in [-0.25, -0.2) is 9.18 Å². The molecule has 1 saturated heterocycles. The molecule has 1 heterocycles. The number of carbonyl (C=O) groups excluding carboxylic acids is 1. The summed E-state index contributed by atoms with van der Waals surface area (Å²) in [6, 6.07) is 0. The summed E-state index contributed by atoms with van der Waals surface area (Å²) in [6.45, 7) is 4.98. The van der Waals surface area contributed by atoms with E-state index in [1.807, 2.05) is 0 Å². The smallest absolute Gasteiger partial charge is 0.343 e. The molecule has 0 aromatic carbocycles. The maximum Gasteiger partial charge on any atom is 0.343 e. The third kappa shape index (κ3) is 3.13. The van der Waals surface area contributed by atoms with E-state index in [0.29, 0.717) is 0 Å². The molecule has 0 bridgehead atoms. The Balaban J connectivity index is 2.51. The average molecular weight is 236 g/mol. The molecule has 0 spiro atoms. The first-order valence-corrected chi connectivity index (χ1v) is 5.18. The van der Waals surface area contributed by atoms with E-state index in [1.165, 1.54) is 0 Å². The van der Waals surface area contributed by atoms with E-state index in [0.717, 1.165) is 0 Å². The van der Waals surface area contributed by atoms with Crippen LogP contribution in [-0.4, -0.2) is 48.5 Å². The lowest BCUT2D eigenvalue weighted by Crippen LogP contribution is -2.42. The second-order valence-electron chi connectivity index (χ2n) is 4.01. The maximum atomic E-state index is 13.4. The van der Waals surface area contributed by atoms with Crippen molar-refractivity contribution in [2.75, 3.05) is 13.2 Å². The quantitative estimate of drug-likeness (QED) is 0.716. The zero-order valence-corrected chi connectivity index (χ0v) is 9.60. The minimum Gasteiger partial charge on any atom is -0.464 e. The molecule has 1 N–H and O–H groups in total. The number of ether oxygens (including phenoxy) is 3. The molecule has 1 rings (SSSR count). The summed E-state index contributed by atoms with van der Waals surface area (Å²) in [4.78, 5) is 11.0. The minimum absolute atomic E-state index is 0.0496. The molecule has 1 aliphatic rings. The van der Waals surface area contributed by atoms with Crippen molar-refractivity contribution in [1.82, 2.24) is 0 Å². The number of halogens is 1. The van der Waals surface area contributed by atoms with Gasteiger partial charge in [0.05, 0.1) is 13.2 Å². The highest BCUT2D eigenvalue weighted by Crippen LogP contribution is 2.26. The topological polar surface area (TPSA) is 65.0 Å². The Morgan fingerprint density at radius 3 is 2.75 bits per heavy atom. The Morgan fingerprint density at radius 2 is 2.31 bits per heavy atom. The predicted molar refractivity (Wildman–Crippen MR) is 52.4 cm³/mol. The van der Waals surface area contributed by atoms with Gasteiger partial charge < -0.3 is 19.3 Å². The van der Waals surface area contributed by atoms with Crippen LogP contribution in [0.25, 0.3) is 0 Å². The summed E-state index contributed by atoms with van der Waals surface area (Å²) in [5.74, 6) is -1.94. The molecule has 0 unspecified atom stereocenters. The number of aliphatic hydroxyl groups excluding tert-OH is 1. The largest absolute Gasteiger partial charge is 0.464 e. The molecule has 0 aromatic heterocycles. The van der Waals surface area contributed by atoms with Crippen molar-refractivity contribution < 1.29 is 28.5 Å². The van der Waals surface area contributed by atoms with Gasteiger partial charge in [0.2, 0.25) is 6.17 Å². The second kappa shape index (κ2) is 5.07. The van der Waals surface area contributed by atoms with Gasteiger partial charge in [-0.15, -0.1) is 0 Å². The maximum absolute atomic E-state index is 13.4. The van der Waals surface area contributed by atoms with Crippen LogP contribution in [0.4, 0.5) is 4.39 Å². The molecule has 0 saturated carbocycles. The number of esters is 1. The number of carbonyl (C=O) groups is 1. The number of rotatable bonds is 4. The fourth-order valence-corrected chi connectivity index (χ4v) is 1.43. The van der Waals surface area contributed by atoms with Gasteiger partial charge in [-0.3, -0.25) is 0 Å². The molecular formula is C10H17FO5. The Morgan fingerprint density at radius 1 is 1.69 bits per heavy atom. The first-order valence-electron chi connectivity index (χ1n) is 5.18. The molecule has 0 radical (unpaired) electrons. The van der Waals surface area contributed by atoms with Crippen LogP contribution in [0, 0.1) is 0 Å². The molecule has 94 valence electrons. The van der Waals surface area contributed by atoms with Crippen molar-refractivity contribution in [3.8, 4) is 0 Å². The van der Waals surface area contributed by atoms with Crippen LogP contribution in [0.5, 0.6) is 0 Å². The van der Waals surface area contributed by atoms with Gasteiger partial charge in [0.1, 0.15) is 12.2 Å². The standard InChI is InChI=1S/C10H17FO5/c1-4-14-9(13)7(11)8(12)6-5-15-10(2,3)16-6/h6-8,12H,4-5H2,1-3H3/t6-,7+,8-/m1/s1. The highest BCUT2D eigenvalue weighted by Gasteiger charge is 2.42. The van der Waals surface area contributed by atoms with E-state index in [1.54, 1.807) is 20.8 Å². The van der Waals surface area contributed by atoms with Gasteiger partial charge in [0.25, 0.3) is 0 Å². The summed E-state index contributed by atoms with van der Waals surface area (Å²) in [5.41, 5.74) is 0. The molecule has 0 aliphatic carbocycles. The second-order valence-corrected chi connectivity index (χ2v) is 4.01. The van der Waals surface area contributed by atoms with Crippen molar-refractivity contribution in [3.05, 3.63) is 0 Å². The lowest BCUT2D eigenvalue weighted by atomic mass is 10.1. The summed E-state index contributed by atoms with van der Waals surface area (Å²) in [7, 11) is 0. The summed E-state index contributed by atoms with van der Waals surface area (Å²) in [6.07, 6.45) is -4.53. The molecular weight excluding hydrogens is 219 g/mol. The van der Waals surface area contributed by atoms with E-state index in [9.17, 15) is 14.3 Å². The van der Waals surface area contributed by atoms with Crippen LogP contribution in [0.2, 0.25) is 0 Å². The zero-order chi connectivity index (χ0) is 12.3. The van der Waals surface area contributed by atoms with Crippen LogP contribution >= 0.6 is 0 Å². The Hall–Kier alpha value is -0.720. The monoisotopic (exact) mass is 236 g/mol. The van der Waals surface area contributed by atoms with Gasteiger partial charge in [-0.05, 0) is 20.8 Å². The average Bonchev–Trinajstić information content (AvgIpc) is 2.57. The molecule has 1 aliphatic heterocycles. The SMILES string of the molecule is CCOC(=O)[C@@H](F)[C@H](O)[C@H]1COC(C)(C)O1. The Kier molecular flexibility index (Phi) is 4.23. The van der Waals surface area contributed by atoms with Crippen molar-refractivity contribution in [1.29, 1.82) is 0 Å². The van der Waals surface area contributed by atoms with E-state index in [2.05, 4.69) is 4.74 Å².